The number of nitriles is 1. The van der Waals surface area contributed by atoms with Crippen LogP contribution in [-0.4, -0.2) is 19.7 Å². The first-order valence-corrected chi connectivity index (χ1v) is 7.31. The third-order valence-corrected chi connectivity index (χ3v) is 3.44. The number of nitrogens with one attached hydrogen (secondary N) is 2. The molecule has 0 spiro atoms. The van der Waals surface area contributed by atoms with Gasteiger partial charge >= 0.3 is 6.03 Å². The van der Waals surface area contributed by atoms with Gasteiger partial charge in [-0.3, -0.25) is 0 Å². The maximum Gasteiger partial charge on any atom is 0.315 e. The highest BCUT2D eigenvalue weighted by Gasteiger charge is 2.11. The smallest absolute Gasteiger partial charge is 0.315 e. The van der Waals surface area contributed by atoms with E-state index in [2.05, 4.69) is 16.7 Å². The molecule has 0 fully saturated rings. The molecule has 0 bridgehead atoms. The molecule has 0 aliphatic heterocycles. The third kappa shape index (κ3) is 5.13. The van der Waals surface area contributed by atoms with E-state index < -0.39 is 0 Å². The maximum atomic E-state index is 11.9. The maximum absolute atomic E-state index is 11.9. The van der Waals surface area contributed by atoms with E-state index in [1.165, 1.54) is 0 Å². The second-order valence-electron chi connectivity index (χ2n) is 5.01. The van der Waals surface area contributed by atoms with Crippen molar-refractivity contribution < 1.29 is 9.53 Å². The Kier molecular flexibility index (Phi) is 6.16. The van der Waals surface area contributed by atoms with Gasteiger partial charge in [-0.1, -0.05) is 42.5 Å². The van der Waals surface area contributed by atoms with E-state index in [1.807, 2.05) is 42.5 Å². The van der Waals surface area contributed by atoms with E-state index in [-0.39, 0.29) is 12.1 Å². The number of urea groups is 1. The zero-order valence-corrected chi connectivity index (χ0v) is 13.0. The normalized spacial score (nSPS) is 11.3. The van der Waals surface area contributed by atoms with Crippen LogP contribution in [0.25, 0.3) is 0 Å². The van der Waals surface area contributed by atoms with Crippen molar-refractivity contribution in [2.75, 3.05) is 13.7 Å². The number of carbonyl (C=O) groups is 1. The molecule has 2 aromatic carbocycles. The minimum absolute atomic E-state index is 0.183. The lowest BCUT2D eigenvalue weighted by Crippen LogP contribution is -2.37. The number of ether oxygens (including phenoxy) is 1. The number of benzene rings is 2. The van der Waals surface area contributed by atoms with Crippen molar-refractivity contribution in [3.05, 3.63) is 71.3 Å². The predicted molar refractivity (Wildman–Crippen MR) is 87.6 cm³/mol. The van der Waals surface area contributed by atoms with Crippen LogP contribution in [0.5, 0.6) is 0 Å². The van der Waals surface area contributed by atoms with Crippen LogP contribution in [0.1, 0.15) is 22.8 Å². The van der Waals surface area contributed by atoms with E-state index in [0.717, 1.165) is 11.1 Å². The van der Waals surface area contributed by atoms with Crippen molar-refractivity contribution >= 4 is 6.03 Å². The lowest BCUT2D eigenvalue weighted by Gasteiger charge is -2.16. The Morgan fingerprint density at radius 2 is 1.83 bits per heavy atom. The van der Waals surface area contributed by atoms with Gasteiger partial charge in [-0.15, -0.1) is 0 Å². The molecule has 2 rings (SSSR count). The number of hydrogen-bond acceptors (Lipinski definition) is 3. The molecule has 1 unspecified atom stereocenters. The highest BCUT2D eigenvalue weighted by atomic mass is 16.5. The molecule has 2 aromatic rings. The molecule has 0 saturated heterocycles. The van der Waals surface area contributed by atoms with Gasteiger partial charge in [-0.2, -0.15) is 5.26 Å². The van der Waals surface area contributed by atoms with Gasteiger partial charge in [0.05, 0.1) is 17.7 Å². The van der Waals surface area contributed by atoms with Gasteiger partial charge in [0.1, 0.15) is 0 Å². The van der Waals surface area contributed by atoms with E-state index in [4.69, 9.17) is 10.00 Å². The fraction of sp³-hybridized carbons (Fsp3) is 0.222. The van der Waals surface area contributed by atoms with Gasteiger partial charge in [0.25, 0.3) is 0 Å². The summed E-state index contributed by atoms with van der Waals surface area (Å²) >= 11 is 0. The Labute approximate surface area is 135 Å². The van der Waals surface area contributed by atoms with Crippen LogP contribution in [0, 0.1) is 11.3 Å². The van der Waals surface area contributed by atoms with Gasteiger partial charge < -0.3 is 15.4 Å². The summed E-state index contributed by atoms with van der Waals surface area (Å²) in [5.74, 6) is 0. The van der Waals surface area contributed by atoms with Crippen molar-refractivity contribution in [1.82, 2.24) is 10.6 Å². The Hall–Kier alpha value is -2.84. The summed E-state index contributed by atoms with van der Waals surface area (Å²) in [5.41, 5.74) is 2.55. The SMILES string of the molecule is COC(CNC(=O)NCc1ccc(C#N)cc1)c1ccccc1. The highest BCUT2D eigenvalue weighted by molar-refractivity contribution is 5.73. The average molecular weight is 309 g/mol. The standard InChI is InChI=1S/C18H19N3O2/c1-23-17(16-5-3-2-4-6-16)13-21-18(22)20-12-15-9-7-14(11-19)8-10-15/h2-10,17H,12-13H2,1H3,(H2,20,21,22). The minimum Gasteiger partial charge on any atom is -0.375 e. The Morgan fingerprint density at radius 3 is 2.43 bits per heavy atom. The Balaban J connectivity index is 1.79. The molecular formula is C18H19N3O2. The molecule has 1 atom stereocenters. The number of hydrogen-bond donors (Lipinski definition) is 2. The summed E-state index contributed by atoms with van der Waals surface area (Å²) in [5, 5.41) is 14.3. The second kappa shape index (κ2) is 8.57. The van der Waals surface area contributed by atoms with E-state index in [9.17, 15) is 4.79 Å². The first-order valence-electron chi connectivity index (χ1n) is 7.31. The molecule has 5 heteroatoms. The molecule has 2 amide bonds. The van der Waals surface area contributed by atoms with Crippen LogP contribution in [0.3, 0.4) is 0 Å². The van der Waals surface area contributed by atoms with Crippen LogP contribution in [-0.2, 0) is 11.3 Å². The van der Waals surface area contributed by atoms with Crippen LogP contribution in [0.15, 0.2) is 54.6 Å². The predicted octanol–water partition coefficient (Wildman–Crippen LogP) is 2.75. The topological polar surface area (TPSA) is 74.2 Å². The third-order valence-electron chi connectivity index (χ3n) is 3.44. The number of rotatable bonds is 6. The molecule has 0 heterocycles. The molecule has 5 nitrogen and oxygen atoms in total. The number of nitrogens with zero attached hydrogens (tertiary/aromatic N) is 1. The van der Waals surface area contributed by atoms with Crippen LogP contribution < -0.4 is 10.6 Å². The van der Waals surface area contributed by atoms with Crippen molar-refractivity contribution in [2.45, 2.75) is 12.6 Å². The van der Waals surface area contributed by atoms with E-state index in [1.54, 1.807) is 19.2 Å². The summed E-state index contributed by atoms with van der Waals surface area (Å²) in [7, 11) is 1.62. The molecule has 0 saturated carbocycles. The van der Waals surface area contributed by atoms with Gasteiger partial charge in [0, 0.05) is 20.2 Å². The fourth-order valence-electron chi connectivity index (χ4n) is 2.13. The van der Waals surface area contributed by atoms with Crippen molar-refractivity contribution in [2.24, 2.45) is 0 Å². The summed E-state index contributed by atoms with van der Waals surface area (Å²) in [4.78, 5) is 11.9. The fourth-order valence-corrected chi connectivity index (χ4v) is 2.13. The minimum atomic E-state index is -0.257. The monoisotopic (exact) mass is 309 g/mol. The molecule has 23 heavy (non-hydrogen) atoms. The Morgan fingerprint density at radius 1 is 1.13 bits per heavy atom. The van der Waals surface area contributed by atoms with E-state index >= 15 is 0 Å². The molecule has 0 radical (unpaired) electrons. The quantitative estimate of drug-likeness (QED) is 0.861. The first kappa shape index (κ1) is 16.5. The summed E-state index contributed by atoms with van der Waals surface area (Å²) in [6, 6.07) is 18.6. The molecule has 2 N–H and O–H groups in total. The van der Waals surface area contributed by atoms with Gasteiger partial charge in [-0.25, -0.2) is 4.79 Å². The lowest BCUT2D eigenvalue weighted by atomic mass is 10.1. The zero-order chi connectivity index (χ0) is 16.5. The molecule has 0 aliphatic carbocycles. The Bertz CT molecular complexity index is 663. The largest absolute Gasteiger partial charge is 0.375 e. The first-order chi connectivity index (χ1) is 11.2. The number of carbonyl (C=O) groups excluding carboxylic acids is 1. The molecule has 0 aliphatic rings. The number of methoxy groups -OCH3 is 1. The van der Waals surface area contributed by atoms with Gasteiger partial charge in [-0.05, 0) is 23.3 Å². The van der Waals surface area contributed by atoms with Crippen LogP contribution in [0.2, 0.25) is 0 Å². The zero-order valence-electron chi connectivity index (χ0n) is 13.0. The van der Waals surface area contributed by atoms with Crippen molar-refractivity contribution in [3.8, 4) is 6.07 Å². The highest BCUT2D eigenvalue weighted by Crippen LogP contribution is 2.14. The summed E-state index contributed by atoms with van der Waals surface area (Å²) in [6.45, 7) is 0.792. The second-order valence-corrected chi connectivity index (χ2v) is 5.01. The average Bonchev–Trinajstić information content (AvgIpc) is 2.62. The van der Waals surface area contributed by atoms with E-state index in [0.29, 0.717) is 18.7 Å². The van der Waals surface area contributed by atoms with Crippen LogP contribution >= 0.6 is 0 Å². The lowest BCUT2D eigenvalue weighted by molar-refractivity contribution is 0.104. The van der Waals surface area contributed by atoms with Gasteiger partial charge in [0.15, 0.2) is 0 Å². The van der Waals surface area contributed by atoms with Gasteiger partial charge in [0.2, 0.25) is 0 Å². The molecular weight excluding hydrogens is 290 g/mol. The summed E-state index contributed by atoms with van der Waals surface area (Å²) in [6.07, 6.45) is -0.183. The van der Waals surface area contributed by atoms with Crippen LogP contribution in [0.4, 0.5) is 4.79 Å². The number of amides is 2. The van der Waals surface area contributed by atoms with Crippen molar-refractivity contribution in [1.29, 1.82) is 5.26 Å². The van der Waals surface area contributed by atoms with Crippen molar-refractivity contribution in [3.63, 3.8) is 0 Å². The molecule has 118 valence electrons. The summed E-state index contributed by atoms with van der Waals surface area (Å²) < 4.78 is 5.40. The molecule has 0 aromatic heterocycles.